The second kappa shape index (κ2) is 5.92. The van der Waals surface area contributed by atoms with E-state index in [2.05, 4.69) is 26.2 Å². The molecule has 0 aliphatic carbocycles. The molecule has 1 heterocycles. The number of benzene rings is 2. The Bertz CT molecular complexity index is 763. The van der Waals surface area contributed by atoms with Gasteiger partial charge in [-0.25, -0.2) is 4.39 Å². The summed E-state index contributed by atoms with van der Waals surface area (Å²) in [4.78, 5) is 4.46. The van der Waals surface area contributed by atoms with Crippen molar-refractivity contribution in [1.29, 1.82) is 0 Å². The van der Waals surface area contributed by atoms with Gasteiger partial charge in [0.2, 0.25) is 0 Å². The maximum atomic E-state index is 14.3. The van der Waals surface area contributed by atoms with E-state index in [1.165, 1.54) is 6.07 Å². The van der Waals surface area contributed by atoms with Crippen LogP contribution >= 0.6 is 15.9 Å². The Labute approximate surface area is 131 Å². The van der Waals surface area contributed by atoms with Crippen molar-refractivity contribution in [3.8, 4) is 0 Å². The van der Waals surface area contributed by atoms with Crippen LogP contribution in [0.25, 0.3) is 10.9 Å². The van der Waals surface area contributed by atoms with Crippen molar-refractivity contribution < 1.29 is 4.39 Å². The smallest absolute Gasteiger partial charge is 0.129 e. The van der Waals surface area contributed by atoms with Crippen LogP contribution in [0.2, 0.25) is 0 Å². The molecule has 0 bridgehead atoms. The molecule has 0 fully saturated rings. The molecule has 0 saturated carbocycles. The largest absolute Gasteiger partial charge is 0.309 e. The van der Waals surface area contributed by atoms with Crippen LogP contribution in [0, 0.1) is 5.82 Å². The van der Waals surface area contributed by atoms with E-state index in [-0.39, 0.29) is 11.9 Å². The summed E-state index contributed by atoms with van der Waals surface area (Å²) in [5.74, 6) is -0.239. The van der Waals surface area contributed by atoms with Gasteiger partial charge < -0.3 is 5.32 Å². The fourth-order valence-electron chi connectivity index (χ4n) is 2.60. The molecule has 3 aromatic rings. The first-order valence-corrected chi connectivity index (χ1v) is 7.46. The molecule has 2 aromatic carbocycles. The Morgan fingerprint density at radius 3 is 2.62 bits per heavy atom. The van der Waals surface area contributed by atoms with Gasteiger partial charge in [-0.1, -0.05) is 46.3 Å². The standard InChI is InChI=1S/C17H14BrFN2/c1-20-17(15-13(18)8-3-9-14(15)19)12-7-2-5-11-6-4-10-21-16(11)12/h2-10,17,20H,1H3. The van der Waals surface area contributed by atoms with Gasteiger partial charge in [-0.05, 0) is 30.8 Å². The lowest BCUT2D eigenvalue weighted by Gasteiger charge is -2.20. The fraction of sp³-hybridized carbons (Fsp3) is 0.118. The van der Waals surface area contributed by atoms with Crippen LogP contribution in [0.4, 0.5) is 4.39 Å². The molecule has 1 atom stereocenters. The van der Waals surface area contributed by atoms with Gasteiger partial charge in [0.15, 0.2) is 0 Å². The van der Waals surface area contributed by atoms with Crippen LogP contribution in [-0.2, 0) is 0 Å². The quantitative estimate of drug-likeness (QED) is 0.759. The number of nitrogens with zero attached hydrogens (tertiary/aromatic N) is 1. The number of aromatic nitrogens is 1. The molecule has 2 nitrogen and oxygen atoms in total. The van der Waals surface area contributed by atoms with Crippen molar-refractivity contribution in [1.82, 2.24) is 10.3 Å². The van der Waals surface area contributed by atoms with Crippen LogP contribution in [-0.4, -0.2) is 12.0 Å². The summed E-state index contributed by atoms with van der Waals surface area (Å²) < 4.78 is 15.0. The van der Waals surface area contributed by atoms with Crippen molar-refractivity contribution in [3.05, 3.63) is 76.1 Å². The molecule has 1 unspecified atom stereocenters. The Hall–Kier alpha value is -1.78. The maximum Gasteiger partial charge on any atom is 0.129 e. The highest BCUT2D eigenvalue weighted by molar-refractivity contribution is 9.10. The van der Waals surface area contributed by atoms with Crippen molar-refractivity contribution in [2.75, 3.05) is 7.05 Å². The van der Waals surface area contributed by atoms with E-state index in [9.17, 15) is 4.39 Å². The van der Waals surface area contributed by atoms with E-state index in [0.717, 1.165) is 20.9 Å². The number of nitrogens with one attached hydrogen (secondary N) is 1. The van der Waals surface area contributed by atoms with E-state index in [4.69, 9.17) is 0 Å². The average molecular weight is 345 g/mol. The lowest BCUT2D eigenvalue weighted by molar-refractivity contribution is 0.575. The lowest BCUT2D eigenvalue weighted by atomic mass is 9.96. The second-order valence-corrected chi connectivity index (χ2v) is 5.63. The predicted molar refractivity (Wildman–Crippen MR) is 86.7 cm³/mol. The first-order valence-electron chi connectivity index (χ1n) is 6.67. The lowest BCUT2D eigenvalue weighted by Crippen LogP contribution is -2.20. The third-order valence-corrected chi connectivity index (χ3v) is 4.24. The van der Waals surface area contributed by atoms with Crippen molar-refractivity contribution >= 4 is 26.8 Å². The van der Waals surface area contributed by atoms with E-state index in [1.807, 2.05) is 43.4 Å². The van der Waals surface area contributed by atoms with Crippen LogP contribution in [0.1, 0.15) is 17.2 Å². The van der Waals surface area contributed by atoms with Crippen LogP contribution in [0.5, 0.6) is 0 Å². The van der Waals surface area contributed by atoms with Crippen LogP contribution in [0.15, 0.2) is 59.2 Å². The van der Waals surface area contributed by atoms with Gasteiger partial charge >= 0.3 is 0 Å². The topological polar surface area (TPSA) is 24.9 Å². The highest BCUT2D eigenvalue weighted by Crippen LogP contribution is 2.33. The van der Waals surface area contributed by atoms with Crippen molar-refractivity contribution in [3.63, 3.8) is 0 Å². The number of rotatable bonds is 3. The fourth-order valence-corrected chi connectivity index (χ4v) is 3.17. The summed E-state index contributed by atoms with van der Waals surface area (Å²) in [6.45, 7) is 0. The molecule has 1 N–H and O–H groups in total. The molecule has 0 radical (unpaired) electrons. The zero-order valence-corrected chi connectivity index (χ0v) is 13.1. The minimum atomic E-state index is -0.265. The number of pyridine rings is 1. The number of hydrogen-bond acceptors (Lipinski definition) is 2. The van der Waals surface area contributed by atoms with Gasteiger partial charge in [0.25, 0.3) is 0 Å². The normalized spacial score (nSPS) is 12.5. The molecule has 0 aliphatic heterocycles. The molecule has 0 saturated heterocycles. The van der Waals surface area contributed by atoms with E-state index in [0.29, 0.717) is 5.56 Å². The zero-order valence-electron chi connectivity index (χ0n) is 11.5. The number of halogens is 2. The molecule has 4 heteroatoms. The van der Waals surface area contributed by atoms with Crippen LogP contribution < -0.4 is 5.32 Å². The first kappa shape index (κ1) is 14.2. The molecule has 1 aromatic heterocycles. The highest BCUT2D eigenvalue weighted by atomic mass is 79.9. The summed E-state index contributed by atoms with van der Waals surface area (Å²) in [6.07, 6.45) is 1.76. The van der Waals surface area contributed by atoms with E-state index < -0.39 is 0 Å². The molecular weight excluding hydrogens is 331 g/mol. The number of fused-ring (bicyclic) bond motifs is 1. The first-order chi connectivity index (χ1) is 10.2. The highest BCUT2D eigenvalue weighted by Gasteiger charge is 2.21. The molecule has 0 aliphatic rings. The minimum absolute atomic E-state index is 0.239. The van der Waals surface area contributed by atoms with Gasteiger partial charge in [-0.15, -0.1) is 0 Å². The molecule has 21 heavy (non-hydrogen) atoms. The summed E-state index contributed by atoms with van der Waals surface area (Å²) in [7, 11) is 1.82. The number of para-hydroxylation sites is 1. The molecular formula is C17H14BrFN2. The van der Waals surface area contributed by atoms with Gasteiger partial charge in [-0.2, -0.15) is 0 Å². The maximum absolute atomic E-state index is 14.3. The van der Waals surface area contributed by atoms with E-state index >= 15 is 0 Å². The van der Waals surface area contributed by atoms with Gasteiger partial charge in [0, 0.05) is 21.6 Å². The average Bonchev–Trinajstić information content (AvgIpc) is 2.51. The Morgan fingerprint density at radius 1 is 1.10 bits per heavy atom. The Balaban J connectivity index is 2.24. The van der Waals surface area contributed by atoms with Gasteiger partial charge in [-0.3, -0.25) is 4.98 Å². The van der Waals surface area contributed by atoms with Crippen molar-refractivity contribution in [2.45, 2.75) is 6.04 Å². The molecule has 106 valence electrons. The summed E-state index contributed by atoms with van der Waals surface area (Å²) in [5.41, 5.74) is 2.44. The van der Waals surface area contributed by atoms with Gasteiger partial charge in [0.05, 0.1) is 11.6 Å². The SMILES string of the molecule is CNC(c1c(F)cccc1Br)c1cccc2cccnc12. The second-order valence-electron chi connectivity index (χ2n) is 4.78. The number of hydrogen-bond donors (Lipinski definition) is 1. The monoisotopic (exact) mass is 344 g/mol. The predicted octanol–water partition coefficient (Wildman–Crippen LogP) is 4.45. The third kappa shape index (κ3) is 2.57. The molecule has 0 amide bonds. The van der Waals surface area contributed by atoms with Crippen molar-refractivity contribution in [2.24, 2.45) is 0 Å². The Morgan fingerprint density at radius 2 is 1.86 bits per heavy atom. The van der Waals surface area contributed by atoms with Gasteiger partial charge in [0.1, 0.15) is 5.82 Å². The summed E-state index contributed by atoms with van der Waals surface area (Å²) >= 11 is 3.45. The minimum Gasteiger partial charge on any atom is -0.309 e. The Kier molecular flexibility index (Phi) is 3.99. The zero-order chi connectivity index (χ0) is 14.8. The molecule has 0 spiro atoms. The summed E-state index contributed by atoms with van der Waals surface area (Å²) in [5, 5.41) is 4.24. The molecule has 3 rings (SSSR count). The van der Waals surface area contributed by atoms with E-state index in [1.54, 1.807) is 12.3 Å². The van der Waals surface area contributed by atoms with Crippen LogP contribution in [0.3, 0.4) is 0 Å². The summed E-state index contributed by atoms with van der Waals surface area (Å²) in [6, 6.07) is 14.6. The third-order valence-electron chi connectivity index (χ3n) is 3.55.